The molecule has 0 fully saturated rings. The minimum Gasteiger partial charge on any atom is -0.367 e. The van der Waals surface area contributed by atoms with E-state index in [-0.39, 0.29) is 5.92 Å². The molecule has 3 rings (SSSR count). The number of rotatable bonds is 3. The summed E-state index contributed by atoms with van der Waals surface area (Å²) in [7, 11) is 1.73. The number of nitrogens with two attached hydrogens (primary N) is 1. The van der Waals surface area contributed by atoms with Crippen LogP contribution in [-0.2, 0) is 0 Å². The fourth-order valence-corrected chi connectivity index (χ4v) is 2.56. The molecule has 3 N–H and O–H groups in total. The molecule has 5 nitrogen and oxygen atoms in total. The summed E-state index contributed by atoms with van der Waals surface area (Å²) in [4.78, 5) is 5.71. The van der Waals surface area contributed by atoms with Gasteiger partial charge in [0.15, 0.2) is 5.82 Å². The van der Waals surface area contributed by atoms with Gasteiger partial charge in [-0.05, 0) is 34.5 Å². The molecule has 1 atom stereocenters. The molecule has 0 radical (unpaired) electrons. The largest absolute Gasteiger partial charge is 0.367 e. The Balaban J connectivity index is 1.96. The minimum absolute atomic E-state index is 0.137. The van der Waals surface area contributed by atoms with Gasteiger partial charge in [-0.25, -0.2) is 0 Å². The SMILES string of the molecule is CNn1nc(C2C=CC(c3ccccc3)=CC2=C=S)nc1N. The lowest BCUT2D eigenvalue weighted by molar-refractivity contribution is 0.758. The van der Waals surface area contributed by atoms with Gasteiger partial charge in [0.2, 0.25) is 5.95 Å². The first kappa shape index (κ1) is 14.3. The van der Waals surface area contributed by atoms with Crippen molar-refractivity contribution in [3.05, 3.63) is 65.5 Å². The lowest BCUT2D eigenvalue weighted by Gasteiger charge is -2.15. The lowest BCUT2D eigenvalue weighted by atomic mass is 9.89. The zero-order valence-corrected chi connectivity index (χ0v) is 12.8. The third-order valence-electron chi connectivity index (χ3n) is 3.48. The third-order valence-corrected chi connectivity index (χ3v) is 3.71. The molecule has 1 aromatic heterocycles. The normalized spacial score (nSPS) is 17.0. The van der Waals surface area contributed by atoms with Gasteiger partial charge in [0.1, 0.15) is 0 Å². The first-order valence-electron chi connectivity index (χ1n) is 6.83. The van der Waals surface area contributed by atoms with E-state index in [1.54, 1.807) is 7.05 Å². The summed E-state index contributed by atoms with van der Waals surface area (Å²) < 4.78 is 0. The van der Waals surface area contributed by atoms with E-state index >= 15 is 0 Å². The van der Waals surface area contributed by atoms with Crippen LogP contribution in [0.15, 0.2) is 54.1 Å². The minimum atomic E-state index is -0.137. The molecule has 110 valence electrons. The molecule has 0 spiro atoms. The average molecular weight is 309 g/mol. The van der Waals surface area contributed by atoms with Crippen molar-refractivity contribution in [1.29, 1.82) is 0 Å². The fraction of sp³-hybridized carbons (Fsp3) is 0.125. The molecule has 1 heterocycles. The molecule has 22 heavy (non-hydrogen) atoms. The number of hydrogen-bond donors (Lipinski definition) is 2. The van der Waals surface area contributed by atoms with Crippen molar-refractivity contribution >= 4 is 28.8 Å². The van der Waals surface area contributed by atoms with E-state index in [1.165, 1.54) is 4.79 Å². The molecule has 6 heteroatoms. The zero-order chi connectivity index (χ0) is 15.5. The van der Waals surface area contributed by atoms with Crippen molar-refractivity contribution < 1.29 is 0 Å². The number of allylic oxidation sites excluding steroid dienone is 5. The van der Waals surface area contributed by atoms with E-state index in [4.69, 9.17) is 18.0 Å². The maximum absolute atomic E-state index is 5.80. The summed E-state index contributed by atoms with van der Waals surface area (Å²) in [6, 6.07) is 10.1. The Kier molecular flexibility index (Phi) is 3.87. The van der Waals surface area contributed by atoms with Crippen molar-refractivity contribution in [1.82, 2.24) is 14.9 Å². The van der Waals surface area contributed by atoms with Crippen LogP contribution in [-0.4, -0.2) is 26.9 Å². The Morgan fingerprint density at radius 3 is 2.73 bits per heavy atom. The number of nitrogens with zero attached hydrogens (tertiary/aromatic N) is 3. The van der Waals surface area contributed by atoms with E-state index in [0.29, 0.717) is 11.8 Å². The van der Waals surface area contributed by atoms with Gasteiger partial charge in [-0.3, -0.25) is 0 Å². The number of benzene rings is 1. The number of thiocarbonyl (C=S) groups is 1. The van der Waals surface area contributed by atoms with Crippen LogP contribution in [0.5, 0.6) is 0 Å². The Labute approximate surface area is 133 Å². The molecule has 1 aliphatic rings. The van der Waals surface area contributed by atoms with E-state index in [0.717, 1.165) is 16.7 Å². The summed E-state index contributed by atoms with van der Waals surface area (Å²) in [6.45, 7) is 0. The van der Waals surface area contributed by atoms with Crippen molar-refractivity contribution in [2.24, 2.45) is 0 Å². The number of nitrogens with one attached hydrogen (secondary N) is 1. The summed E-state index contributed by atoms with van der Waals surface area (Å²) in [6.07, 6.45) is 6.08. The topological polar surface area (TPSA) is 68.8 Å². The second kappa shape index (κ2) is 5.97. The Hall–Kier alpha value is -2.69. The van der Waals surface area contributed by atoms with Crippen molar-refractivity contribution in [2.45, 2.75) is 5.92 Å². The molecule has 0 bridgehead atoms. The third kappa shape index (κ3) is 2.57. The summed E-state index contributed by atoms with van der Waals surface area (Å²) >= 11 is 5.05. The maximum atomic E-state index is 5.80. The molecular weight excluding hydrogens is 294 g/mol. The monoisotopic (exact) mass is 309 g/mol. The fourth-order valence-electron chi connectivity index (χ4n) is 2.37. The highest BCUT2D eigenvalue weighted by Gasteiger charge is 2.22. The molecular formula is C16H15N5S. The highest BCUT2D eigenvalue weighted by molar-refractivity contribution is 7.78. The van der Waals surface area contributed by atoms with Gasteiger partial charge < -0.3 is 11.2 Å². The van der Waals surface area contributed by atoms with Gasteiger partial charge in [-0.15, -0.1) is 9.89 Å². The van der Waals surface area contributed by atoms with Gasteiger partial charge in [0, 0.05) is 12.6 Å². The van der Waals surface area contributed by atoms with Crippen LogP contribution in [0.3, 0.4) is 0 Å². The van der Waals surface area contributed by atoms with Crippen LogP contribution < -0.4 is 11.2 Å². The highest BCUT2D eigenvalue weighted by atomic mass is 32.1. The summed E-state index contributed by atoms with van der Waals surface area (Å²) in [5.41, 5.74) is 11.7. The first-order valence-corrected chi connectivity index (χ1v) is 7.24. The average Bonchev–Trinajstić information content (AvgIpc) is 2.95. The van der Waals surface area contributed by atoms with Gasteiger partial charge >= 0.3 is 0 Å². The molecule has 1 aromatic carbocycles. The molecule has 0 aliphatic heterocycles. The molecule has 0 amide bonds. The van der Waals surface area contributed by atoms with E-state index in [9.17, 15) is 0 Å². The predicted octanol–water partition coefficient (Wildman–Crippen LogP) is 2.30. The van der Waals surface area contributed by atoms with E-state index in [2.05, 4.69) is 32.7 Å². The van der Waals surface area contributed by atoms with Gasteiger partial charge in [-0.1, -0.05) is 42.5 Å². The molecule has 1 unspecified atom stereocenters. The quantitative estimate of drug-likeness (QED) is 0.852. The van der Waals surface area contributed by atoms with Crippen LogP contribution >= 0.6 is 12.2 Å². The standard InChI is InChI=1S/C16H15N5S/c1-18-21-16(17)19-15(20-21)14-8-7-12(9-13(14)10-22)11-5-3-2-4-6-11/h2-9,14,18H,1H3,(H2,17,19,20). The maximum Gasteiger partial charge on any atom is 0.239 e. The Morgan fingerprint density at radius 2 is 2.09 bits per heavy atom. The van der Waals surface area contributed by atoms with Crippen LogP contribution in [0.4, 0.5) is 5.95 Å². The van der Waals surface area contributed by atoms with Crippen molar-refractivity contribution in [3.63, 3.8) is 0 Å². The van der Waals surface area contributed by atoms with Crippen molar-refractivity contribution in [3.8, 4) is 0 Å². The Bertz CT molecular complexity index is 797. The predicted molar refractivity (Wildman–Crippen MR) is 92.1 cm³/mol. The second-order valence-corrected chi connectivity index (χ2v) is 5.03. The van der Waals surface area contributed by atoms with E-state index in [1.807, 2.05) is 36.4 Å². The van der Waals surface area contributed by atoms with Crippen molar-refractivity contribution in [2.75, 3.05) is 18.2 Å². The zero-order valence-electron chi connectivity index (χ0n) is 12.0. The van der Waals surface area contributed by atoms with Crippen LogP contribution in [0, 0.1) is 0 Å². The summed E-state index contributed by atoms with van der Waals surface area (Å²) in [5, 5.41) is 7.15. The summed E-state index contributed by atoms with van der Waals surface area (Å²) in [5.74, 6) is 0.771. The highest BCUT2D eigenvalue weighted by Crippen LogP contribution is 2.32. The molecule has 2 aromatic rings. The van der Waals surface area contributed by atoms with Gasteiger partial charge in [0.05, 0.1) is 5.92 Å². The second-order valence-electron chi connectivity index (χ2n) is 4.82. The number of aromatic nitrogens is 3. The number of anilines is 1. The first-order chi connectivity index (χ1) is 10.7. The lowest BCUT2D eigenvalue weighted by Crippen LogP contribution is -2.14. The van der Waals surface area contributed by atoms with Crippen LogP contribution in [0.25, 0.3) is 5.57 Å². The molecule has 0 saturated heterocycles. The number of nitrogen functional groups attached to an aromatic ring is 1. The van der Waals surface area contributed by atoms with Crippen LogP contribution in [0.1, 0.15) is 17.3 Å². The van der Waals surface area contributed by atoms with E-state index < -0.39 is 0 Å². The smallest absolute Gasteiger partial charge is 0.239 e. The molecule has 0 saturated carbocycles. The van der Waals surface area contributed by atoms with Crippen LogP contribution in [0.2, 0.25) is 0 Å². The molecule has 1 aliphatic carbocycles. The van der Waals surface area contributed by atoms with Gasteiger partial charge in [0.25, 0.3) is 0 Å². The van der Waals surface area contributed by atoms with Gasteiger partial charge in [-0.2, -0.15) is 4.98 Å². The number of hydrogen-bond acceptors (Lipinski definition) is 5. The Morgan fingerprint density at radius 1 is 1.32 bits per heavy atom.